The molecule has 0 heterocycles. The van der Waals surface area contributed by atoms with E-state index in [4.69, 9.17) is 4.43 Å². The van der Waals surface area contributed by atoms with Gasteiger partial charge in [-0.15, -0.1) is 0 Å². The molecule has 1 atom stereocenters. The first-order valence-electron chi connectivity index (χ1n) is 7.47. The molecule has 0 aliphatic heterocycles. The standard InChI is InChI=1S/C16H27IOSi/c1-4-19(5-2,6-3)18-16(14-17)13-12-15-10-8-7-9-11-15/h7-11,16H,4-6,12-14H2,1-3H3. The molecule has 0 radical (unpaired) electrons. The van der Waals surface area contributed by atoms with Crippen LogP contribution in [0, 0.1) is 0 Å². The topological polar surface area (TPSA) is 9.23 Å². The zero-order valence-corrected chi connectivity index (χ0v) is 15.7. The average Bonchev–Trinajstić information content (AvgIpc) is 2.49. The fraction of sp³-hybridized carbons (Fsp3) is 0.625. The molecule has 3 heteroatoms. The molecule has 0 fully saturated rings. The monoisotopic (exact) mass is 390 g/mol. The van der Waals surface area contributed by atoms with Crippen molar-refractivity contribution < 1.29 is 4.43 Å². The van der Waals surface area contributed by atoms with Crippen LogP contribution < -0.4 is 0 Å². The Bertz CT molecular complexity index is 330. The smallest absolute Gasteiger partial charge is 0.192 e. The maximum atomic E-state index is 6.59. The minimum Gasteiger partial charge on any atom is -0.413 e. The lowest BCUT2D eigenvalue weighted by Gasteiger charge is -2.32. The summed E-state index contributed by atoms with van der Waals surface area (Å²) in [6, 6.07) is 14.5. The van der Waals surface area contributed by atoms with E-state index in [1.165, 1.54) is 23.7 Å². The van der Waals surface area contributed by atoms with E-state index in [0.717, 1.165) is 17.3 Å². The summed E-state index contributed by atoms with van der Waals surface area (Å²) in [5, 5.41) is 0. The SMILES string of the molecule is CC[Si](CC)(CC)OC(CI)CCc1ccccc1. The van der Waals surface area contributed by atoms with E-state index >= 15 is 0 Å². The van der Waals surface area contributed by atoms with Crippen LogP contribution in [0.1, 0.15) is 32.8 Å². The maximum absolute atomic E-state index is 6.59. The van der Waals surface area contributed by atoms with Crippen LogP contribution in [-0.2, 0) is 10.8 Å². The highest BCUT2D eigenvalue weighted by Crippen LogP contribution is 2.25. The molecule has 108 valence electrons. The van der Waals surface area contributed by atoms with Crippen LogP contribution in [-0.4, -0.2) is 18.8 Å². The molecule has 0 N–H and O–H groups in total. The zero-order valence-electron chi connectivity index (χ0n) is 12.5. The maximum Gasteiger partial charge on any atom is 0.192 e. The Balaban J connectivity index is 2.54. The van der Waals surface area contributed by atoms with Gasteiger partial charge in [0.1, 0.15) is 0 Å². The minimum absolute atomic E-state index is 0.437. The van der Waals surface area contributed by atoms with Gasteiger partial charge in [0.15, 0.2) is 8.32 Å². The number of halogens is 1. The van der Waals surface area contributed by atoms with Crippen molar-refractivity contribution in [2.24, 2.45) is 0 Å². The number of benzene rings is 1. The molecule has 0 aliphatic carbocycles. The molecule has 1 nitrogen and oxygen atoms in total. The minimum atomic E-state index is -1.44. The summed E-state index contributed by atoms with van der Waals surface area (Å²) < 4.78 is 7.70. The highest BCUT2D eigenvalue weighted by atomic mass is 127. The molecule has 19 heavy (non-hydrogen) atoms. The number of hydrogen-bond acceptors (Lipinski definition) is 1. The molecule has 0 aliphatic rings. The van der Waals surface area contributed by atoms with Gasteiger partial charge in [-0.05, 0) is 36.5 Å². The number of hydrogen-bond donors (Lipinski definition) is 0. The largest absolute Gasteiger partial charge is 0.413 e. The van der Waals surface area contributed by atoms with E-state index in [2.05, 4.69) is 73.7 Å². The number of aryl methyl sites for hydroxylation is 1. The van der Waals surface area contributed by atoms with Crippen LogP contribution in [0.4, 0.5) is 0 Å². The predicted octanol–water partition coefficient (Wildman–Crippen LogP) is 5.44. The number of rotatable bonds is 9. The molecule has 0 aromatic heterocycles. The first kappa shape index (κ1) is 17.2. The van der Waals surface area contributed by atoms with E-state index in [9.17, 15) is 0 Å². The van der Waals surface area contributed by atoms with Gasteiger partial charge in [-0.3, -0.25) is 0 Å². The molecule has 1 rings (SSSR count). The van der Waals surface area contributed by atoms with Crippen molar-refractivity contribution in [3.63, 3.8) is 0 Å². The van der Waals surface area contributed by atoms with Crippen LogP contribution in [0.15, 0.2) is 30.3 Å². The fourth-order valence-electron chi connectivity index (χ4n) is 2.49. The zero-order chi connectivity index (χ0) is 14.1. The van der Waals surface area contributed by atoms with Crippen molar-refractivity contribution in [1.29, 1.82) is 0 Å². The molecule has 0 amide bonds. The summed E-state index contributed by atoms with van der Waals surface area (Å²) in [5.41, 5.74) is 1.43. The van der Waals surface area contributed by atoms with E-state index in [0.29, 0.717) is 6.10 Å². The van der Waals surface area contributed by atoms with Crippen LogP contribution in [0.25, 0.3) is 0 Å². The Morgan fingerprint density at radius 3 is 2.11 bits per heavy atom. The highest BCUT2D eigenvalue weighted by Gasteiger charge is 2.31. The average molecular weight is 390 g/mol. The van der Waals surface area contributed by atoms with Crippen molar-refractivity contribution in [2.45, 2.75) is 57.8 Å². The quantitative estimate of drug-likeness (QED) is 0.310. The lowest BCUT2D eigenvalue weighted by molar-refractivity contribution is 0.203. The van der Waals surface area contributed by atoms with Gasteiger partial charge in [0.25, 0.3) is 0 Å². The second-order valence-corrected chi connectivity index (χ2v) is 10.8. The Hall–Kier alpha value is 0.127. The molecule has 0 spiro atoms. The van der Waals surface area contributed by atoms with Crippen molar-refractivity contribution in [3.05, 3.63) is 35.9 Å². The van der Waals surface area contributed by atoms with Gasteiger partial charge < -0.3 is 4.43 Å². The van der Waals surface area contributed by atoms with E-state index in [1.807, 2.05) is 0 Å². The van der Waals surface area contributed by atoms with Crippen LogP contribution in [0.5, 0.6) is 0 Å². The summed E-state index contributed by atoms with van der Waals surface area (Å²) in [4.78, 5) is 0. The highest BCUT2D eigenvalue weighted by molar-refractivity contribution is 14.1. The molecule has 1 unspecified atom stereocenters. The van der Waals surface area contributed by atoms with Crippen molar-refractivity contribution in [1.82, 2.24) is 0 Å². The van der Waals surface area contributed by atoms with E-state index < -0.39 is 8.32 Å². The molecule has 1 aromatic rings. The van der Waals surface area contributed by atoms with E-state index in [1.54, 1.807) is 0 Å². The fourth-order valence-corrected chi connectivity index (χ4v) is 6.36. The second kappa shape index (κ2) is 9.13. The van der Waals surface area contributed by atoms with Gasteiger partial charge in [0.05, 0.1) is 6.10 Å². The normalized spacial score (nSPS) is 13.5. The second-order valence-electron chi connectivity index (χ2n) is 5.16. The van der Waals surface area contributed by atoms with E-state index in [-0.39, 0.29) is 0 Å². The lowest BCUT2D eigenvalue weighted by atomic mass is 10.1. The third-order valence-corrected chi connectivity index (χ3v) is 9.80. The third kappa shape index (κ3) is 5.56. The van der Waals surface area contributed by atoms with Gasteiger partial charge >= 0.3 is 0 Å². The first-order valence-corrected chi connectivity index (χ1v) is 11.5. The van der Waals surface area contributed by atoms with Crippen LogP contribution >= 0.6 is 22.6 Å². The molecule has 0 saturated carbocycles. The summed E-state index contributed by atoms with van der Waals surface area (Å²) in [5.74, 6) is 0. The van der Waals surface area contributed by atoms with Gasteiger partial charge in [-0.25, -0.2) is 0 Å². The third-order valence-electron chi connectivity index (χ3n) is 4.12. The summed E-state index contributed by atoms with van der Waals surface area (Å²) in [6.07, 6.45) is 2.73. The predicted molar refractivity (Wildman–Crippen MR) is 95.7 cm³/mol. The lowest BCUT2D eigenvalue weighted by Crippen LogP contribution is -2.40. The van der Waals surface area contributed by atoms with Gasteiger partial charge in [-0.2, -0.15) is 0 Å². The molecule has 0 bridgehead atoms. The Morgan fingerprint density at radius 2 is 1.63 bits per heavy atom. The molecular weight excluding hydrogens is 363 g/mol. The number of alkyl halides is 1. The Labute approximate surface area is 133 Å². The van der Waals surface area contributed by atoms with Crippen LogP contribution in [0.2, 0.25) is 18.1 Å². The van der Waals surface area contributed by atoms with Crippen molar-refractivity contribution >= 4 is 30.9 Å². The Kier molecular flexibility index (Phi) is 8.26. The summed E-state index contributed by atoms with van der Waals surface area (Å²) >= 11 is 2.48. The summed E-state index contributed by atoms with van der Waals surface area (Å²) in [6.45, 7) is 6.92. The molecule has 0 saturated heterocycles. The summed E-state index contributed by atoms with van der Waals surface area (Å²) in [7, 11) is -1.44. The van der Waals surface area contributed by atoms with Crippen molar-refractivity contribution in [3.8, 4) is 0 Å². The van der Waals surface area contributed by atoms with Gasteiger partial charge in [0, 0.05) is 4.43 Å². The first-order chi connectivity index (χ1) is 9.19. The van der Waals surface area contributed by atoms with Crippen molar-refractivity contribution in [2.75, 3.05) is 4.43 Å². The molecular formula is C16H27IOSi. The van der Waals surface area contributed by atoms with Gasteiger partial charge in [0.2, 0.25) is 0 Å². The molecule has 1 aromatic carbocycles. The van der Waals surface area contributed by atoms with Gasteiger partial charge in [-0.1, -0.05) is 73.7 Å². The Morgan fingerprint density at radius 1 is 1.05 bits per heavy atom. The van der Waals surface area contributed by atoms with Crippen LogP contribution in [0.3, 0.4) is 0 Å².